The molecule has 0 unspecified atom stereocenters. The predicted octanol–water partition coefficient (Wildman–Crippen LogP) is 1.92. The summed E-state index contributed by atoms with van der Waals surface area (Å²) in [6.45, 7) is 1.40. The van der Waals surface area contributed by atoms with Crippen molar-refractivity contribution in [3.05, 3.63) is 32.8 Å². The highest BCUT2D eigenvalue weighted by atomic mass is 79.9. The fourth-order valence-corrected chi connectivity index (χ4v) is 1.96. The molecule has 0 bridgehead atoms. The van der Waals surface area contributed by atoms with Gasteiger partial charge in [0.05, 0.1) is 11.5 Å². The number of halogens is 1. The average molecular weight is 346 g/mol. The first kappa shape index (κ1) is 16.4. The number of anilines is 1. The second kappa shape index (κ2) is 8.49. The Morgan fingerprint density at radius 3 is 2.80 bits per heavy atom. The number of nitrogens with one attached hydrogen (secondary N) is 2. The number of hydrogen-bond donors (Lipinski definition) is 2. The molecular weight excluding hydrogens is 330 g/mol. The number of non-ortho nitro benzene ring substituents is 1. The molecule has 0 atom stereocenters. The van der Waals surface area contributed by atoms with Gasteiger partial charge in [0.15, 0.2) is 0 Å². The SMILES string of the molecule is COCCNC(=O)CCNc1ccc([N+](=O)[O-])cc1Br. The molecule has 0 fully saturated rings. The maximum absolute atomic E-state index is 11.4. The lowest BCUT2D eigenvalue weighted by Gasteiger charge is -2.08. The van der Waals surface area contributed by atoms with Gasteiger partial charge in [-0.3, -0.25) is 14.9 Å². The maximum atomic E-state index is 11.4. The second-order valence-electron chi connectivity index (χ2n) is 3.94. The molecule has 0 aliphatic heterocycles. The van der Waals surface area contributed by atoms with E-state index in [4.69, 9.17) is 4.74 Å². The van der Waals surface area contributed by atoms with Crippen LogP contribution in [0.4, 0.5) is 11.4 Å². The summed E-state index contributed by atoms with van der Waals surface area (Å²) in [4.78, 5) is 21.6. The summed E-state index contributed by atoms with van der Waals surface area (Å²) in [5.74, 6) is -0.0763. The molecule has 1 aromatic carbocycles. The first-order chi connectivity index (χ1) is 9.54. The lowest BCUT2D eigenvalue weighted by Crippen LogP contribution is -2.28. The Hall–Kier alpha value is -1.67. The molecule has 110 valence electrons. The number of ether oxygens (including phenoxy) is 1. The molecule has 7 nitrogen and oxygen atoms in total. The van der Waals surface area contributed by atoms with Gasteiger partial charge in [-0.1, -0.05) is 0 Å². The number of methoxy groups -OCH3 is 1. The first-order valence-electron chi connectivity index (χ1n) is 5.98. The minimum Gasteiger partial charge on any atom is -0.384 e. The molecule has 0 aliphatic rings. The van der Waals surface area contributed by atoms with Crippen LogP contribution in [0, 0.1) is 10.1 Å². The van der Waals surface area contributed by atoms with Crippen LogP contribution >= 0.6 is 15.9 Å². The van der Waals surface area contributed by atoms with Gasteiger partial charge in [0.1, 0.15) is 0 Å². The van der Waals surface area contributed by atoms with Crippen molar-refractivity contribution in [3.63, 3.8) is 0 Å². The Morgan fingerprint density at radius 1 is 1.45 bits per heavy atom. The highest BCUT2D eigenvalue weighted by Gasteiger charge is 2.09. The molecule has 0 radical (unpaired) electrons. The van der Waals surface area contributed by atoms with Gasteiger partial charge in [-0.25, -0.2) is 0 Å². The van der Waals surface area contributed by atoms with Crippen molar-refractivity contribution in [2.45, 2.75) is 6.42 Å². The van der Waals surface area contributed by atoms with Gasteiger partial charge in [0, 0.05) is 48.9 Å². The van der Waals surface area contributed by atoms with E-state index >= 15 is 0 Å². The van der Waals surface area contributed by atoms with E-state index < -0.39 is 4.92 Å². The van der Waals surface area contributed by atoms with Gasteiger partial charge in [0.25, 0.3) is 5.69 Å². The quantitative estimate of drug-likeness (QED) is 0.426. The summed E-state index contributed by atoms with van der Waals surface area (Å²) >= 11 is 3.25. The molecule has 0 saturated heterocycles. The van der Waals surface area contributed by atoms with E-state index in [1.165, 1.54) is 12.1 Å². The minimum atomic E-state index is -0.461. The van der Waals surface area contributed by atoms with E-state index in [0.29, 0.717) is 36.3 Å². The Balaban J connectivity index is 2.38. The van der Waals surface area contributed by atoms with E-state index in [2.05, 4.69) is 26.6 Å². The van der Waals surface area contributed by atoms with E-state index in [-0.39, 0.29) is 11.6 Å². The summed E-state index contributed by atoms with van der Waals surface area (Å²) in [6.07, 6.45) is 0.313. The van der Waals surface area contributed by atoms with E-state index in [0.717, 1.165) is 0 Å². The lowest BCUT2D eigenvalue weighted by molar-refractivity contribution is -0.384. The molecule has 1 rings (SSSR count). The Labute approximate surface area is 125 Å². The van der Waals surface area contributed by atoms with Gasteiger partial charge >= 0.3 is 0 Å². The molecule has 1 aromatic rings. The first-order valence-corrected chi connectivity index (χ1v) is 6.77. The number of amides is 1. The van der Waals surface area contributed by atoms with Crippen LogP contribution in [0.5, 0.6) is 0 Å². The van der Waals surface area contributed by atoms with Crippen LogP contribution in [-0.4, -0.2) is 37.6 Å². The Bertz CT molecular complexity index is 482. The number of hydrogen-bond acceptors (Lipinski definition) is 5. The number of nitro benzene ring substituents is 1. The van der Waals surface area contributed by atoms with Crippen molar-refractivity contribution in [2.75, 3.05) is 32.1 Å². The van der Waals surface area contributed by atoms with Crippen LogP contribution in [0.3, 0.4) is 0 Å². The zero-order valence-corrected chi connectivity index (χ0v) is 12.6. The maximum Gasteiger partial charge on any atom is 0.270 e. The largest absolute Gasteiger partial charge is 0.384 e. The molecule has 8 heteroatoms. The number of carbonyl (C=O) groups is 1. The lowest BCUT2D eigenvalue weighted by atomic mass is 10.2. The molecular formula is C12H16BrN3O4. The third-order valence-corrected chi connectivity index (χ3v) is 3.12. The average Bonchev–Trinajstić information content (AvgIpc) is 2.40. The molecule has 0 aliphatic carbocycles. The van der Waals surface area contributed by atoms with Crippen LogP contribution in [-0.2, 0) is 9.53 Å². The van der Waals surface area contributed by atoms with E-state index in [1.807, 2.05) is 0 Å². The third kappa shape index (κ3) is 5.54. The van der Waals surface area contributed by atoms with Crippen LogP contribution in [0.2, 0.25) is 0 Å². The molecule has 1 amide bonds. The minimum absolute atomic E-state index is 0.0136. The fraction of sp³-hybridized carbons (Fsp3) is 0.417. The molecule has 20 heavy (non-hydrogen) atoms. The molecule has 0 saturated carbocycles. The number of benzene rings is 1. The zero-order valence-electron chi connectivity index (χ0n) is 11.0. The molecule has 0 spiro atoms. The van der Waals surface area contributed by atoms with Crippen LogP contribution in [0.25, 0.3) is 0 Å². The van der Waals surface area contributed by atoms with Crippen LogP contribution in [0.15, 0.2) is 22.7 Å². The van der Waals surface area contributed by atoms with Crippen molar-refractivity contribution < 1.29 is 14.5 Å². The van der Waals surface area contributed by atoms with Crippen LogP contribution < -0.4 is 10.6 Å². The number of carbonyl (C=O) groups excluding carboxylic acids is 1. The van der Waals surface area contributed by atoms with Crippen molar-refractivity contribution in [3.8, 4) is 0 Å². The second-order valence-corrected chi connectivity index (χ2v) is 4.80. The summed E-state index contributed by atoms with van der Waals surface area (Å²) in [7, 11) is 1.57. The van der Waals surface area contributed by atoms with Crippen molar-refractivity contribution in [1.29, 1.82) is 0 Å². The smallest absolute Gasteiger partial charge is 0.270 e. The summed E-state index contributed by atoms with van der Waals surface area (Å²) in [5, 5.41) is 16.3. The highest BCUT2D eigenvalue weighted by Crippen LogP contribution is 2.26. The standard InChI is InChI=1S/C12H16BrN3O4/c1-20-7-6-15-12(17)4-5-14-11-3-2-9(16(18)19)8-10(11)13/h2-3,8,14H,4-7H2,1H3,(H,15,17). The van der Waals surface area contributed by atoms with Crippen molar-refractivity contribution >= 4 is 33.2 Å². The third-order valence-electron chi connectivity index (χ3n) is 2.46. The number of nitro groups is 1. The summed E-state index contributed by atoms with van der Waals surface area (Å²) < 4.78 is 5.41. The molecule has 0 aromatic heterocycles. The fourth-order valence-electron chi connectivity index (χ4n) is 1.45. The van der Waals surface area contributed by atoms with Gasteiger partial charge in [0.2, 0.25) is 5.91 Å². The Morgan fingerprint density at radius 2 is 2.20 bits per heavy atom. The predicted molar refractivity (Wildman–Crippen MR) is 78.8 cm³/mol. The van der Waals surface area contributed by atoms with Gasteiger partial charge in [-0.15, -0.1) is 0 Å². The number of nitrogens with zero attached hydrogens (tertiary/aromatic N) is 1. The summed E-state index contributed by atoms with van der Waals surface area (Å²) in [6, 6.07) is 4.43. The monoisotopic (exact) mass is 345 g/mol. The van der Waals surface area contributed by atoms with Crippen molar-refractivity contribution in [2.24, 2.45) is 0 Å². The topological polar surface area (TPSA) is 93.5 Å². The van der Waals surface area contributed by atoms with Crippen LogP contribution in [0.1, 0.15) is 6.42 Å². The van der Waals surface area contributed by atoms with E-state index in [1.54, 1.807) is 13.2 Å². The van der Waals surface area contributed by atoms with E-state index in [9.17, 15) is 14.9 Å². The Kier molecular flexibility index (Phi) is 6.96. The molecule has 2 N–H and O–H groups in total. The zero-order chi connectivity index (χ0) is 15.0. The summed E-state index contributed by atoms with van der Waals surface area (Å²) in [5.41, 5.74) is 0.722. The van der Waals surface area contributed by atoms with Gasteiger partial charge in [-0.05, 0) is 22.0 Å². The normalized spacial score (nSPS) is 10.1. The molecule has 0 heterocycles. The van der Waals surface area contributed by atoms with Gasteiger partial charge in [-0.2, -0.15) is 0 Å². The van der Waals surface area contributed by atoms with Crippen molar-refractivity contribution in [1.82, 2.24) is 5.32 Å². The highest BCUT2D eigenvalue weighted by molar-refractivity contribution is 9.10. The van der Waals surface area contributed by atoms with Gasteiger partial charge < -0.3 is 15.4 Å². The number of rotatable bonds is 8.